The Kier molecular flexibility index (Phi) is 4.14. The number of amides is 1. The van der Waals surface area contributed by atoms with E-state index in [4.69, 9.17) is 17.3 Å². The molecule has 0 radical (unpaired) electrons. The largest absolute Gasteiger partial charge is 0.380 e. The summed E-state index contributed by atoms with van der Waals surface area (Å²) in [4.78, 5) is 15.0. The van der Waals surface area contributed by atoms with Crippen LogP contribution in [0.1, 0.15) is 15.9 Å². The van der Waals surface area contributed by atoms with Gasteiger partial charge in [0, 0.05) is 18.3 Å². The average molecular weight is 298 g/mol. The quantitative estimate of drug-likeness (QED) is 0.853. The lowest BCUT2D eigenvalue weighted by atomic mass is 10.2. The van der Waals surface area contributed by atoms with Crippen molar-refractivity contribution in [3.05, 3.63) is 58.4 Å². The molecule has 1 amide bonds. The Morgan fingerprint density at radius 3 is 2.80 bits per heavy atom. The smallest absolute Gasteiger partial charge is 0.252 e. The Labute approximate surface area is 118 Å². The van der Waals surface area contributed by atoms with Crippen molar-refractivity contribution in [2.45, 2.75) is 6.54 Å². The van der Waals surface area contributed by atoms with Gasteiger partial charge in [-0.25, -0.2) is 13.8 Å². The molecule has 0 saturated heterocycles. The summed E-state index contributed by atoms with van der Waals surface area (Å²) in [6, 6.07) is 4.51. The zero-order valence-corrected chi connectivity index (χ0v) is 10.9. The molecule has 7 heteroatoms. The molecule has 0 aliphatic rings. The number of pyridine rings is 1. The molecule has 1 aromatic heterocycles. The number of nitrogens with zero attached hydrogens (tertiary/aromatic N) is 1. The number of carbonyl (C=O) groups is 1. The van der Waals surface area contributed by atoms with E-state index < -0.39 is 17.5 Å². The monoisotopic (exact) mass is 297 g/mol. The number of primary amides is 1. The highest BCUT2D eigenvalue weighted by Gasteiger charge is 2.11. The molecule has 0 aliphatic carbocycles. The third-order valence-electron chi connectivity index (χ3n) is 2.61. The normalized spacial score (nSPS) is 10.3. The summed E-state index contributed by atoms with van der Waals surface area (Å²) in [7, 11) is 0. The second kappa shape index (κ2) is 5.83. The van der Waals surface area contributed by atoms with Gasteiger partial charge in [-0.3, -0.25) is 4.79 Å². The number of hydrogen-bond donors (Lipinski definition) is 2. The van der Waals surface area contributed by atoms with E-state index in [0.717, 1.165) is 18.2 Å². The number of rotatable bonds is 4. The van der Waals surface area contributed by atoms with Gasteiger partial charge in [0.2, 0.25) is 0 Å². The maximum Gasteiger partial charge on any atom is 0.252 e. The molecule has 3 N–H and O–H groups in total. The first kappa shape index (κ1) is 14.2. The molecule has 0 saturated carbocycles. The standard InChI is InChI=1S/C13H10ClF2N3O/c14-12-4-11(9(6-19-12)13(17)20)18-5-7-3-8(15)1-2-10(7)16/h1-4,6H,5H2,(H2,17,20)(H,18,19). The molecule has 0 unspecified atom stereocenters. The van der Waals surface area contributed by atoms with E-state index in [-0.39, 0.29) is 22.8 Å². The minimum atomic E-state index is -0.698. The van der Waals surface area contributed by atoms with Crippen molar-refractivity contribution >= 4 is 23.2 Å². The highest BCUT2D eigenvalue weighted by atomic mass is 35.5. The van der Waals surface area contributed by atoms with E-state index >= 15 is 0 Å². The molecule has 0 fully saturated rings. The van der Waals surface area contributed by atoms with Crippen molar-refractivity contribution in [3.63, 3.8) is 0 Å². The molecule has 0 atom stereocenters. The van der Waals surface area contributed by atoms with Crippen molar-refractivity contribution in [2.24, 2.45) is 5.73 Å². The maximum absolute atomic E-state index is 13.5. The number of anilines is 1. The molecular weight excluding hydrogens is 288 g/mol. The summed E-state index contributed by atoms with van der Waals surface area (Å²) < 4.78 is 26.5. The first-order chi connectivity index (χ1) is 9.47. The van der Waals surface area contributed by atoms with Gasteiger partial charge in [-0.2, -0.15) is 0 Å². The minimum Gasteiger partial charge on any atom is -0.380 e. The summed E-state index contributed by atoms with van der Waals surface area (Å²) in [6.07, 6.45) is 1.22. The Hall–Kier alpha value is -2.21. The van der Waals surface area contributed by atoms with Gasteiger partial charge >= 0.3 is 0 Å². The number of aromatic nitrogens is 1. The fraction of sp³-hybridized carbons (Fsp3) is 0.0769. The lowest BCUT2D eigenvalue weighted by Crippen LogP contribution is -2.15. The molecule has 1 aromatic carbocycles. The summed E-state index contributed by atoms with van der Waals surface area (Å²) in [5.74, 6) is -1.80. The lowest BCUT2D eigenvalue weighted by Gasteiger charge is -2.10. The van der Waals surface area contributed by atoms with Gasteiger partial charge in [0.15, 0.2) is 0 Å². The van der Waals surface area contributed by atoms with Crippen LogP contribution in [0, 0.1) is 11.6 Å². The molecule has 1 heterocycles. The van der Waals surface area contributed by atoms with Crippen molar-refractivity contribution in [1.29, 1.82) is 0 Å². The number of carbonyl (C=O) groups excluding carboxylic acids is 1. The SMILES string of the molecule is NC(=O)c1cnc(Cl)cc1NCc1cc(F)ccc1F. The molecule has 0 spiro atoms. The van der Waals surface area contributed by atoms with Gasteiger partial charge < -0.3 is 11.1 Å². The fourth-order valence-corrected chi connectivity index (χ4v) is 1.80. The molecule has 104 valence electrons. The second-order valence-corrected chi connectivity index (χ2v) is 4.39. The van der Waals surface area contributed by atoms with Crippen molar-refractivity contribution in [1.82, 2.24) is 4.98 Å². The summed E-state index contributed by atoms with van der Waals surface area (Å²) >= 11 is 5.72. The van der Waals surface area contributed by atoms with E-state index in [1.54, 1.807) is 0 Å². The van der Waals surface area contributed by atoms with E-state index in [1.165, 1.54) is 12.3 Å². The number of hydrogen-bond acceptors (Lipinski definition) is 3. The van der Waals surface area contributed by atoms with E-state index in [9.17, 15) is 13.6 Å². The van der Waals surface area contributed by atoms with Gasteiger partial charge in [-0.15, -0.1) is 0 Å². The molecule has 0 bridgehead atoms. The van der Waals surface area contributed by atoms with Crippen LogP contribution in [0.4, 0.5) is 14.5 Å². The van der Waals surface area contributed by atoms with Crippen LogP contribution in [0.5, 0.6) is 0 Å². The summed E-state index contributed by atoms with van der Waals surface area (Å²) in [5.41, 5.74) is 5.73. The second-order valence-electron chi connectivity index (χ2n) is 4.01. The topological polar surface area (TPSA) is 68.0 Å². The van der Waals surface area contributed by atoms with Crippen molar-refractivity contribution in [2.75, 3.05) is 5.32 Å². The predicted molar refractivity (Wildman–Crippen MR) is 71.4 cm³/mol. The fourth-order valence-electron chi connectivity index (χ4n) is 1.64. The third kappa shape index (κ3) is 3.21. The average Bonchev–Trinajstić information content (AvgIpc) is 2.39. The van der Waals surface area contributed by atoms with E-state index in [2.05, 4.69) is 10.3 Å². The predicted octanol–water partition coefficient (Wildman–Crippen LogP) is 2.72. The van der Waals surface area contributed by atoms with Gasteiger partial charge in [0.1, 0.15) is 16.8 Å². The first-order valence-electron chi connectivity index (χ1n) is 5.60. The lowest BCUT2D eigenvalue weighted by molar-refractivity contribution is 0.100. The zero-order chi connectivity index (χ0) is 14.7. The summed E-state index contributed by atoms with van der Waals surface area (Å²) in [5, 5.41) is 2.94. The molecule has 2 aromatic rings. The third-order valence-corrected chi connectivity index (χ3v) is 2.82. The molecule has 20 heavy (non-hydrogen) atoms. The van der Waals surface area contributed by atoms with Crippen LogP contribution < -0.4 is 11.1 Å². The Balaban J connectivity index is 2.24. The zero-order valence-electron chi connectivity index (χ0n) is 10.2. The molecule has 2 rings (SSSR count). The maximum atomic E-state index is 13.5. The first-order valence-corrected chi connectivity index (χ1v) is 5.98. The van der Waals surface area contributed by atoms with Crippen LogP contribution in [0.25, 0.3) is 0 Å². The van der Waals surface area contributed by atoms with Crippen LogP contribution in [0.2, 0.25) is 5.15 Å². The molecule has 4 nitrogen and oxygen atoms in total. The highest BCUT2D eigenvalue weighted by Crippen LogP contribution is 2.20. The van der Waals surface area contributed by atoms with Crippen LogP contribution in [0.3, 0.4) is 0 Å². The Morgan fingerprint density at radius 2 is 2.10 bits per heavy atom. The van der Waals surface area contributed by atoms with Crippen LogP contribution in [-0.2, 0) is 6.54 Å². The number of halogens is 3. The minimum absolute atomic E-state index is 0.0236. The molecular formula is C13H10ClF2N3O. The number of nitrogens with two attached hydrogens (primary N) is 1. The van der Waals surface area contributed by atoms with Gasteiger partial charge in [0.05, 0.1) is 11.3 Å². The van der Waals surface area contributed by atoms with E-state index in [0.29, 0.717) is 5.69 Å². The van der Waals surface area contributed by atoms with Crippen LogP contribution in [-0.4, -0.2) is 10.9 Å². The summed E-state index contributed by atoms with van der Waals surface area (Å²) in [6.45, 7) is -0.0236. The van der Waals surface area contributed by atoms with E-state index in [1.807, 2.05) is 0 Å². The number of benzene rings is 1. The van der Waals surface area contributed by atoms with Gasteiger partial charge in [-0.05, 0) is 24.3 Å². The van der Waals surface area contributed by atoms with Crippen molar-refractivity contribution in [3.8, 4) is 0 Å². The Morgan fingerprint density at radius 1 is 1.35 bits per heavy atom. The van der Waals surface area contributed by atoms with Crippen LogP contribution >= 0.6 is 11.6 Å². The Bertz CT molecular complexity index is 664. The number of nitrogens with one attached hydrogen (secondary N) is 1. The van der Waals surface area contributed by atoms with Gasteiger partial charge in [0.25, 0.3) is 5.91 Å². The van der Waals surface area contributed by atoms with Crippen molar-refractivity contribution < 1.29 is 13.6 Å². The van der Waals surface area contributed by atoms with Gasteiger partial charge in [-0.1, -0.05) is 11.6 Å². The van der Waals surface area contributed by atoms with Crippen LogP contribution in [0.15, 0.2) is 30.5 Å². The highest BCUT2D eigenvalue weighted by molar-refractivity contribution is 6.29. The molecule has 0 aliphatic heterocycles.